The lowest BCUT2D eigenvalue weighted by Crippen LogP contribution is -2.44. The van der Waals surface area contributed by atoms with Crippen molar-refractivity contribution in [1.29, 1.82) is 0 Å². The number of aryl methyl sites for hydroxylation is 1. The van der Waals surface area contributed by atoms with E-state index in [4.69, 9.17) is 16.3 Å². The van der Waals surface area contributed by atoms with Crippen LogP contribution in [0.2, 0.25) is 5.02 Å². The first kappa shape index (κ1) is 25.5. The van der Waals surface area contributed by atoms with E-state index in [9.17, 15) is 22.8 Å². The van der Waals surface area contributed by atoms with Crippen molar-refractivity contribution >= 4 is 49.8 Å². The van der Waals surface area contributed by atoms with Crippen LogP contribution in [0.25, 0.3) is 10.9 Å². The zero-order valence-electron chi connectivity index (χ0n) is 20.4. The predicted molar refractivity (Wildman–Crippen MR) is 139 cm³/mol. The van der Waals surface area contributed by atoms with Crippen LogP contribution >= 0.6 is 11.6 Å². The maximum absolute atomic E-state index is 14.6. The third kappa shape index (κ3) is 4.76. The number of aromatic nitrogens is 5. The number of ether oxygens (including phenoxy) is 1. The van der Waals surface area contributed by atoms with Gasteiger partial charge in [-0.25, -0.2) is 27.3 Å². The van der Waals surface area contributed by atoms with Gasteiger partial charge in [-0.1, -0.05) is 11.6 Å². The van der Waals surface area contributed by atoms with Crippen LogP contribution in [-0.4, -0.2) is 45.7 Å². The Balaban J connectivity index is 1.63. The number of rotatable bonds is 6. The van der Waals surface area contributed by atoms with Gasteiger partial charge >= 0.3 is 11.4 Å². The molecule has 2 N–H and O–H groups in total. The first-order valence-electron chi connectivity index (χ1n) is 11.4. The molecule has 0 bridgehead atoms. The van der Waals surface area contributed by atoms with Crippen LogP contribution in [0.4, 0.5) is 24.8 Å². The van der Waals surface area contributed by atoms with E-state index < -0.39 is 35.4 Å². The van der Waals surface area contributed by atoms with Crippen molar-refractivity contribution in [2.45, 2.75) is 19.2 Å². The summed E-state index contributed by atoms with van der Waals surface area (Å²) in [6, 6.07) is 4.25. The van der Waals surface area contributed by atoms with Gasteiger partial charge in [-0.2, -0.15) is 10.1 Å². The summed E-state index contributed by atoms with van der Waals surface area (Å²) in [7, 11) is 5.15. The highest BCUT2D eigenvalue weighted by molar-refractivity contribution is 6.34. The average Bonchev–Trinajstić information content (AvgIpc) is 3.36. The zero-order chi connectivity index (χ0) is 27.3. The molecular formula is C22H19B2ClF3N7O3. The molecule has 4 aromatic rings. The molecule has 0 fully saturated rings. The van der Waals surface area contributed by atoms with Gasteiger partial charge in [0, 0.05) is 30.3 Å². The normalized spacial score (nSPS) is 15.1. The number of halogens is 4. The lowest BCUT2D eigenvalue weighted by Gasteiger charge is -2.17. The van der Waals surface area contributed by atoms with Gasteiger partial charge in [0.15, 0.2) is 27.3 Å². The van der Waals surface area contributed by atoms with Crippen LogP contribution in [0.3, 0.4) is 0 Å². The zero-order valence-corrected chi connectivity index (χ0v) is 21.1. The first-order valence-corrected chi connectivity index (χ1v) is 11.8. The van der Waals surface area contributed by atoms with Crippen molar-refractivity contribution in [3.63, 3.8) is 0 Å². The van der Waals surface area contributed by atoms with Crippen molar-refractivity contribution in [1.82, 2.24) is 29.2 Å². The third-order valence-corrected chi connectivity index (χ3v) is 6.31. The Labute approximate surface area is 219 Å². The number of anilines is 2. The summed E-state index contributed by atoms with van der Waals surface area (Å²) in [6.07, 6.45) is 1.37. The molecule has 0 saturated heterocycles. The van der Waals surface area contributed by atoms with Crippen molar-refractivity contribution in [2.24, 2.45) is 7.05 Å². The first-order chi connectivity index (χ1) is 18.0. The van der Waals surface area contributed by atoms with Crippen molar-refractivity contribution in [3.8, 4) is 0 Å². The molecule has 38 heavy (non-hydrogen) atoms. The molecule has 0 aliphatic carbocycles. The smallest absolute Gasteiger partial charge is 0.355 e. The van der Waals surface area contributed by atoms with Crippen molar-refractivity contribution < 1.29 is 17.9 Å². The number of nitrogens with one attached hydrogen (secondary N) is 2. The van der Waals surface area contributed by atoms with E-state index in [1.807, 2.05) is 0 Å². The van der Waals surface area contributed by atoms with E-state index in [2.05, 4.69) is 20.7 Å². The molecule has 10 nitrogen and oxygen atoms in total. The highest BCUT2D eigenvalue weighted by Gasteiger charge is 2.22. The highest BCUT2D eigenvalue weighted by Crippen LogP contribution is 2.29. The maximum atomic E-state index is 14.6. The van der Waals surface area contributed by atoms with Gasteiger partial charge in [0.2, 0.25) is 5.95 Å². The summed E-state index contributed by atoms with van der Waals surface area (Å²) in [5.41, 5.74) is -0.251. The minimum absolute atomic E-state index is 0.205. The van der Waals surface area contributed by atoms with Crippen LogP contribution in [0.15, 0.2) is 51.4 Å². The van der Waals surface area contributed by atoms with Crippen LogP contribution < -0.4 is 22.0 Å². The summed E-state index contributed by atoms with van der Waals surface area (Å²) >= 11 is 6.40. The number of nitrogens with zero attached hydrogens (tertiary/aromatic N) is 5. The van der Waals surface area contributed by atoms with Gasteiger partial charge in [0.25, 0.3) is 0 Å². The fourth-order valence-electron chi connectivity index (χ4n) is 4.17. The van der Waals surface area contributed by atoms with Gasteiger partial charge in [-0.15, -0.1) is 0 Å². The van der Waals surface area contributed by atoms with Gasteiger partial charge in [0.05, 0.1) is 40.7 Å². The molecule has 2 aromatic heterocycles. The number of fused-ring (bicyclic) bond motifs is 1. The number of allylic oxidation sites excluding steroid dienone is 1. The van der Waals surface area contributed by atoms with Gasteiger partial charge in [0.1, 0.15) is 11.9 Å². The van der Waals surface area contributed by atoms with E-state index in [0.29, 0.717) is 34.4 Å². The Morgan fingerprint density at radius 1 is 1.11 bits per heavy atom. The molecule has 1 unspecified atom stereocenters. The summed E-state index contributed by atoms with van der Waals surface area (Å²) in [4.78, 5) is 30.5. The molecule has 5 rings (SSSR count). The summed E-state index contributed by atoms with van der Waals surface area (Å²) in [5.74, 6) is -4.02. The lowest BCUT2D eigenvalue weighted by molar-refractivity contribution is 0.215. The van der Waals surface area contributed by atoms with Crippen LogP contribution in [-0.2, 0) is 24.9 Å². The monoisotopic (exact) mass is 543 g/mol. The summed E-state index contributed by atoms with van der Waals surface area (Å²) in [6.45, 7) is -0.771. The molecule has 0 radical (unpaired) electrons. The Kier molecular flexibility index (Phi) is 6.47. The topological polar surface area (TPSA) is 108 Å². The van der Waals surface area contributed by atoms with E-state index >= 15 is 0 Å². The van der Waals surface area contributed by atoms with Gasteiger partial charge in [-0.3, -0.25) is 9.25 Å². The number of hydrogen-bond acceptors (Lipinski definition) is 7. The van der Waals surface area contributed by atoms with Crippen molar-refractivity contribution in [3.05, 3.63) is 90.8 Å². The van der Waals surface area contributed by atoms with E-state index in [-0.39, 0.29) is 34.9 Å². The molecule has 3 heterocycles. The molecule has 0 amide bonds. The molecule has 2 aromatic carbocycles. The number of benzene rings is 2. The molecular weight excluding hydrogens is 524 g/mol. The molecule has 194 valence electrons. The molecule has 1 atom stereocenters. The van der Waals surface area contributed by atoms with Crippen LogP contribution in [0.1, 0.15) is 5.56 Å². The summed E-state index contributed by atoms with van der Waals surface area (Å²) < 4.78 is 50.9. The van der Waals surface area contributed by atoms with E-state index in [1.165, 1.54) is 0 Å². The highest BCUT2D eigenvalue weighted by atomic mass is 35.5. The van der Waals surface area contributed by atoms with Gasteiger partial charge < -0.3 is 15.4 Å². The van der Waals surface area contributed by atoms with E-state index in [0.717, 1.165) is 9.13 Å². The third-order valence-electron chi connectivity index (χ3n) is 5.99. The SMILES string of the molecule is BC1=C(Cn2c(=O)nc(Nc3cc4cn(C)nc4cc3Cl)n(Cc3cc(F)c(F)cc3F)c2=O)NC(B)O1. The lowest BCUT2D eigenvalue weighted by atomic mass is 10.1. The second kappa shape index (κ2) is 9.63. The van der Waals surface area contributed by atoms with Crippen molar-refractivity contribution in [2.75, 3.05) is 5.32 Å². The average molecular weight is 544 g/mol. The van der Waals surface area contributed by atoms with Gasteiger partial charge in [-0.05, 0) is 18.2 Å². The minimum Gasteiger partial charge on any atom is -0.493 e. The van der Waals surface area contributed by atoms with Crippen LogP contribution in [0, 0.1) is 17.5 Å². The molecule has 0 spiro atoms. The van der Waals surface area contributed by atoms with Crippen LogP contribution in [0.5, 0.6) is 0 Å². The minimum atomic E-state index is -1.37. The second-order valence-electron chi connectivity index (χ2n) is 8.79. The largest absolute Gasteiger partial charge is 0.493 e. The molecule has 1 aliphatic heterocycles. The molecule has 0 saturated carbocycles. The predicted octanol–water partition coefficient (Wildman–Crippen LogP) is 0.493. The summed E-state index contributed by atoms with van der Waals surface area (Å²) in [5, 5.41) is 11.1. The standard InChI is InChI=1S/C22H19B2ClF3N7O3/c1-33-6-10-3-16(11(25)4-15(10)32-33)30-20-31-21(36)35(8-17-18(23)38-19(24)29-17)22(37)34(20)7-9-2-13(27)14(28)5-12(9)26/h2-6,19,29H,7-8,23-24H2,1H3,(H,30,31,36). The Morgan fingerprint density at radius 2 is 1.84 bits per heavy atom. The van der Waals surface area contributed by atoms with E-state index in [1.54, 1.807) is 45.8 Å². The second-order valence-corrected chi connectivity index (χ2v) is 9.20. The number of hydrogen-bond donors (Lipinski definition) is 2. The fraction of sp³-hybridized carbons (Fsp3) is 0.182. The Morgan fingerprint density at radius 3 is 2.55 bits per heavy atom. The maximum Gasteiger partial charge on any atom is 0.355 e. The quantitative estimate of drug-likeness (QED) is 0.269. The fourth-order valence-corrected chi connectivity index (χ4v) is 4.38. The molecule has 1 aliphatic rings. The Bertz CT molecular complexity index is 1760. The Hall–Kier alpha value is -4.13. The molecule has 16 heteroatoms.